The van der Waals surface area contributed by atoms with Crippen LogP contribution < -0.4 is 38.2 Å². The van der Waals surface area contributed by atoms with Crippen LogP contribution in [-0.4, -0.2) is 64.1 Å². The van der Waals surface area contributed by atoms with Crippen LogP contribution in [0, 0.1) is 0 Å². The van der Waals surface area contributed by atoms with Crippen molar-refractivity contribution < 1.29 is 0 Å². The van der Waals surface area contributed by atoms with Crippen molar-refractivity contribution in [2.75, 3.05) is 0 Å². The van der Waals surface area contributed by atoms with Gasteiger partial charge in [0, 0.05) is 38.6 Å². The standard InChI is InChI=1S/C58H31B7N2/c59-50-47(38-23-29-46-44(31-38)43-30-37(33-12-5-2-6-13-33)22-28-45(43)66(46)39-24-18-34(19-25-39)32-10-3-1-4-11-32)51(60)55(64)57-48(50)49-52(61)53(62)54(63)56(65)58(49)67(57)40-26-20-36(21-27-40)42-17-9-15-35-14-7-8-16-41(35)42/h1-31H. The summed E-state index contributed by atoms with van der Waals surface area (Å²) in [5, 5.41) is 5.53. The van der Waals surface area contributed by atoms with Gasteiger partial charge in [0.15, 0.2) is 0 Å². The Bertz CT molecular complexity index is 3960. The molecule has 67 heavy (non-hydrogen) atoms. The first-order valence-corrected chi connectivity index (χ1v) is 22.1. The van der Waals surface area contributed by atoms with Gasteiger partial charge in [0.1, 0.15) is 54.9 Å². The zero-order valence-electron chi connectivity index (χ0n) is 36.3. The Labute approximate surface area is 398 Å². The van der Waals surface area contributed by atoms with Crippen LogP contribution in [0.5, 0.6) is 0 Å². The predicted molar refractivity (Wildman–Crippen MR) is 292 cm³/mol. The first kappa shape index (κ1) is 41.0. The quantitative estimate of drug-likeness (QED) is 0.156. The fourth-order valence-electron chi connectivity index (χ4n) is 10.2. The van der Waals surface area contributed by atoms with Crippen molar-refractivity contribution in [3.05, 3.63) is 188 Å². The van der Waals surface area contributed by atoms with Gasteiger partial charge in [0.25, 0.3) is 0 Å². The van der Waals surface area contributed by atoms with Crippen LogP contribution in [0.2, 0.25) is 0 Å². The third-order valence-corrected chi connectivity index (χ3v) is 13.5. The van der Waals surface area contributed by atoms with E-state index in [2.05, 4.69) is 162 Å². The lowest BCUT2D eigenvalue weighted by Gasteiger charge is -2.19. The molecule has 0 spiro atoms. The Hall–Kier alpha value is -7.49. The molecule has 0 aliphatic rings. The number of hydrogen-bond donors (Lipinski definition) is 0. The molecule has 12 rings (SSSR count). The number of benzene rings is 10. The van der Waals surface area contributed by atoms with Gasteiger partial charge in [0.2, 0.25) is 0 Å². The summed E-state index contributed by atoms with van der Waals surface area (Å²) in [5.74, 6) is 0. The van der Waals surface area contributed by atoms with Gasteiger partial charge < -0.3 is 9.13 Å². The largest absolute Gasteiger partial charge is 0.311 e. The number of nitrogens with zero attached hydrogens (tertiary/aromatic N) is 2. The normalized spacial score (nSPS) is 11.7. The monoisotopic (exact) mass is 832 g/mol. The second kappa shape index (κ2) is 15.8. The Morgan fingerprint density at radius 3 is 1.40 bits per heavy atom. The van der Waals surface area contributed by atoms with E-state index in [0.29, 0.717) is 43.8 Å². The highest BCUT2D eigenvalue weighted by Crippen LogP contribution is 2.39. The molecule has 10 aromatic carbocycles. The first-order valence-electron chi connectivity index (χ1n) is 22.1. The summed E-state index contributed by atoms with van der Waals surface area (Å²) in [6.07, 6.45) is 0. The Morgan fingerprint density at radius 1 is 0.284 bits per heavy atom. The number of fused-ring (bicyclic) bond motifs is 7. The minimum absolute atomic E-state index is 0.173. The van der Waals surface area contributed by atoms with Crippen LogP contribution in [0.1, 0.15) is 0 Å². The smallest absolute Gasteiger partial charge is 0.115 e. The summed E-state index contributed by atoms with van der Waals surface area (Å²) in [5.41, 5.74) is 14.9. The Balaban J connectivity index is 1.08. The van der Waals surface area contributed by atoms with E-state index in [0.717, 1.165) is 82.9 Å². The van der Waals surface area contributed by atoms with E-state index in [9.17, 15) is 0 Å². The first-order chi connectivity index (χ1) is 32.7. The van der Waals surface area contributed by atoms with Crippen LogP contribution in [0.15, 0.2) is 188 Å². The maximum absolute atomic E-state index is 7.43. The third kappa shape index (κ3) is 6.35. The van der Waals surface area contributed by atoms with Gasteiger partial charge >= 0.3 is 0 Å². The predicted octanol–water partition coefficient (Wildman–Crippen LogP) is 7.26. The molecule has 0 aliphatic heterocycles. The summed E-state index contributed by atoms with van der Waals surface area (Å²) in [4.78, 5) is 0. The van der Waals surface area contributed by atoms with Crippen LogP contribution in [-0.2, 0) is 0 Å². The van der Waals surface area contributed by atoms with E-state index in [1.165, 1.54) is 0 Å². The van der Waals surface area contributed by atoms with Gasteiger partial charge in [-0.2, -0.15) is 0 Å². The number of aromatic nitrogens is 2. The van der Waals surface area contributed by atoms with Gasteiger partial charge in [-0.15, -0.1) is 10.9 Å². The van der Waals surface area contributed by atoms with Crippen LogP contribution in [0.4, 0.5) is 0 Å². The van der Waals surface area contributed by atoms with E-state index in [1.807, 2.05) is 34.9 Å². The summed E-state index contributed by atoms with van der Waals surface area (Å²) < 4.78 is 4.26. The molecule has 0 aliphatic carbocycles. The molecule has 0 unspecified atom stereocenters. The molecule has 0 saturated carbocycles. The van der Waals surface area contributed by atoms with Gasteiger partial charge in [-0.1, -0.05) is 167 Å². The lowest BCUT2D eigenvalue weighted by atomic mass is 9.64. The molecule has 0 fully saturated rings. The maximum atomic E-state index is 7.43. The molecule has 0 atom stereocenters. The highest BCUT2D eigenvalue weighted by atomic mass is 15.0. The van der Waals surface area contributed by atoms with Crippen molar-refractivity contribution in [3.8, 4) is 55.9 Å². The number of rotatable bonds is 6. The molecule has 2 heterocycles. The van der Waals surface area contributed by atoms with E-state index in [1.54, 1.807) is 0 Å². The van der Waals surface area contributed by atoms with Gasteiger partial charge in [0.05, 0.1) is 11.0 Å². The molecule has 294 valence electrons. The average molecular weight is 832 g/mol. The fraction of sp³-hybridized carbons (Fsp3) is 0. The zero-order valence-corrected chi connectivity index (χ0v) is 36.3. The van der Waals surface area contributed by atoms with E-state index in [-0.39, 0.29) is 21.9 Å². The molecule has 2 aromatic heterocycles. The van der Waals surface area contributed by atoms with Gasteiger partial charge in [-0.25, -0.2) is 0 Å². The average Bonchev–Trinajstić information content (AvgIpc) is 3.91. The summed E-state index contributed by atoms with van der Waals surface area (Å²) in [6, 6.07) is 65.3. The number of hydrogen-bond acceptors (Lipinski definition) is 0. The molecule has 0 amide bonds. The lowest BCUT2D eigenvalue weighted by molar-refractivity contribution is 1.18. The molecule has 2 nitrogen and oxygen atoms in total. The minimum atomic E-state index is 0.173. The van der Waals surface area contributed by atoms with Crippen LogP contribution in [0.25, 0.3) is 110 Å². The molecular weight excluding hydrogens is 800 g/mol. The van der Waals surface area contributed by atoms with E-state index < -0.39 is 0 Å². The molecule has 0 saturated heterocycles. The summed E-state index contributed by atoms with van der Waals surface area (Å²) >= 11 is 0. The Kier molecular flexibility index (Phi) is 9.69. The molecular formula is C58H31B7N2. The van der Waals surface area contributed by atoms with Crippen LogP contribution in [0.3, 0.4) is 0 Å². The van der Waals surface area contributed by atoms with Crippen LogP contribution >= 0.6 is 0 Å². The van der Waals surface area contributed by atoms with Gasteiger partial charge in [-0.3, -0.25) is 0 Å². The second-order valence-corrected chi connectivity index (χ2v) is 17.2. The lowest BCUT2D eigenvalue weighted by Crippen LogP contribution is -2.48. The maximum Gasteiger partial charge on any atom is 0.115 e. The Morgan fingerprint density at radius 2 is 0.746 bits per heavy atom. The van der Waals surface area contributed by atoms with Crippen molar-refractivity contribution in [2.45, 2.75) is 0 Å². The zero-order chi connectivity index (χ0) is 45.7. The third-order valence-electron chi connectivity index (χ3n) is 13.5. The molecule has 14 radical (unpaired) electrons. The molecule has 0 bridgehead atoms. The highest BCUT2D eigenvalue weighted by molar-refractivity contribution is 6.69. The topological polar surface area (TPSA) is 9.86 Å². The summed E-state index contributed by atoms with van der Waals surface area (Å²) in [6.45, 7) is 0. The second-order valence-electron chi connectivity index (χ2n) is 17.2. The van der Waals surface area contributed by atoms with Crippen molar-refractivity contribution in [1.29, 1.82) is 0 Å². The van der Waals surface area contributed by atoms with Crippen molar-refractivity contribution in [1.82, 2.24) is 9.13 Å². The van der Waals surface area contributed by atoms with E-state index >= 15 is 0 Å². The molecule has 0 N–H and O–H groups in total. The fourth-order valence-corrected chi connectivity index (χ4v) is 10.2. The molecule has 12 aromatic rings. The minimum Gasteiger partial charge on any atom is -0.311 e. The highest BCUT2D eigenvalue weighted by Gasteiger charge is 2.25. The summed E-state index contributed by atoms with van der Waals surface area (Å²) in [7, 11) is 49.0. The van der Waals surface area contributed by atoms with E-state index in [4.69, 9.17) is 54.9 Å². The van der Waals surface area contributed by atoms with Crippen molar-refractivity contribution in [3.63, 3.8) is 0 Å². The van der Waals surface area contributed by atoms with Gasteiger partial charge in [-0.05, 0) is 109 Å². The van der Waals surface area contributed by atoms with Crippen molar-refractivity contribution in [2.24, 2.45) is 0 Å². The molecule has 9 heteroatoms. The SMILES string of the molecule is [B]c1c([B])c([B])c2c(c1[B])c1c([B])c(-c3ccc4c(c3)c3cc(-c5ccccc5)ccc3n4-c3ccc(-c4ccccc4)cc3)c([B])c([B])c1n2-c1ccc(-c2cccc3ccccc23)cc1. The van der Waals surface area contributed by atoms with Crippen molar-refractivity contribution >= 4 is 148 Å².